The molecule has 2 aromatic rings. The summed E-state index contributed by atoms with van der Waals surface area (Å²) in [6, 6.07) is 6.92. The van der Waals surface area contributed by atoms with E-state index >= 15 is 0 Å². The molecule has 0 spiro atoms. The number of carbonyl (C=O) groups excluding carboxylic acids is 2. The van der Waals surface area contributed by atoms with Crippen LogP contribution in [0.1, 0.15) is 33.6 Å². The predicted molar refractivity (Wildman–Crippen MR) is 94.8 cm³/mol. The second-order valence-corrected chi connectivity index (χ2v) is 5.87. The van der Waals surface area contributed by atoms with E-state index in [1.54, 1.807) is 0 Å². The van der Waals surface area contributed by atoms with Crippen molar-refractivity contribution < 1.29 is 32.9 Å². The van der Waals surface area contributed by atoms with Gasteiger partial charge >= 0.3 is 0 Å². The maximum atomic E-state index is 13.3. The van der Waals surface area contributed by atoms with Crippen LogP contribution in [-0.2, 0) is 0 Å². The van der Waals surface area contributed by atoms with E-state index in [-0.39, 0.29) is 47.0 Å². The van der Waals surface area contributed by atoms with Gasteiger partial charge in [-0.15, -0.1) is 0 Å². The lowest BCUT2D eigenvalue weighted by molar-refractivity contribution is 0.0914. The highest BCUT2D eigenvalue weighted by Gasteiger charge is 2.27. The number of ketones is 2. The third kappa shape index (κ3) is 3.86. The molecule has 3 rings (SSSR count). The van der Waals surface area contributed by atoms with E-state index in [0.717, 1.165) is 6.07 Å². The van der Waals surface area contributed by atoms with Crippen molar-refractivity contribution in [1.29, 1.82) is 0 Å². The quantitative estimate of drug-likeness (QED) is 0.691. The van der Waals surface area contributed by atoms with E-state index in [2.05, 4.69) is 0 Å². The maximum Gasteiger partial charge on any atom is 0.208 e. The number of hydrogen-bond acceptors (Lipinski definition) is 6. The molecule has 1 aliphatic heterocycles. The summed E-state index contributed by atoms with van der Waals surface area (Å²) in [5.74, 6) is 0.148. The largest absolute Gasteiger partial charge is 0.492 e. The van der Waals surface area contributed by atoms with Crippen molar-refractivity contribution in [3.05, 3.63) is 47.3 Å². The lowest BCUT2D eigenvalue weighted by Gasteiger charge is -2.23. The molecule has 0 radical (unpaired) electrons. The fourth-order valence-corrected chi connectivity index (χ4v) is 2.90. The topological polar surface area (TPSA) is 71.1 Å². The third-order valence-corrected chi connectivity index (χ3v) is 4.18. The lowest BCUT2D eigenvalue weighted by Crippen LogP contribution is -2.17. The van der Waals surface area contributed by atoms with Crippen molar-refractivity contribution in [3.8, 4) is 23.0 Å². The highest BCUT2D eigenvalue weighted by atomic mass is 19.1. The number of benzene rings is 2. The van der Waals surface area contributed by atoms with Gasteiger partial charge in [0, 0.05) is 18.4 Å². The standard InChI is InChI=1S/C20H19FO6/c1-24-18-14(11-17-19(20(18)25-2)27-9-8-26-17)16(23)7-6-15(22)12-4-3-5-13(21)10-12/h3-5,10-11H,6-9H2,1-2H3. The van der Waals surface area contributed by atoms with Gasteiger partial charge in [-0.1, -0.05) is 12.1 Å². The molecule has 142 valence electrons. The molecule has 27 heavy (non-hydrogen) atoms. The monoisotopic (exact) mass is 374 g/mol. The highest BCUT2D eigenvalue weighted by Crippen LogP contribution is 2.48. The Morgan fingerprint density at radius 2 is 1.70 bits per heavy atom. The zero-order valence-corrected chi connectivity index (χ0v) is 15.0. The van der Waals surface area contributed by atoms with Gasteiger partial charge in [0.05, 0.1) is 19.8 Å². The number of halogens is 1. The predicted octanol–water partition coefficient (Wildman–Crippen LogP) is 3.46. The van der Waals surface area contributed by atoms with E-state index in [0.29, 0.717) is 24.7 Å². The number of rotatable bonds is 7. The zero-order valence-electron chi connectivity index (χ0n) is 15.0. The first-order valence-electron chi connectivity index (χ1n) is 8.41. The second-order valence-electron chi connectivity index (χ2n) is 5.87. The molecule has 7 heteroatoms. The average molecular weight is 374 g/mol. The molecule has 0 saturated carbocycles. The Balaban J connectivity index is 1.83. The number of carbonyl (C=O) groups is 2. The first kappa shape index (κ1) is 18.7. The van der Waals surface area contributed by atoms with Gasteiger partial charge < -0.3 is 18.9 Å². The minimum atomic E-state index is -0.495. The van der Waals surface area contributed by atoms with Gasteiger partial charge in [0.25, 0.3) is 0 Å². The number of ether oxygens (including phenoxy) is 4. The lowest BCUT2D eigenvalue weighted by atomic mass is 10.00. The molecule has 0 unspecified atom stereocenters. The Bertz CT molecular complexity index is 877. The van der Waals surface area contributed by atoms with Gasteiger partial charge in [0.2, 0.25) is 11.5 Å². The molecule has 0 atom stereocenters. The Morgan fingerprint density at radius 1 is 1.00 bits per heavy atom. The van der Waals surface area contributed by atoms with Crippen LogP contribution in [0.15, 0.2) is 30.3 Å². The van der Waals surface area contributed by atoms with E-state index in [1.807, 2.05) is 0 Å². The summed E-state index contributed by atoms with van der Waals surface area (Å²) in [5.41, 5.74) is 0.472. The highest BCUT2D eigenvalue weighted by molar-refractivity contribution is 6.04. The molecule has 0 fully saturated rings. The number of fused-ring (bicyclic) bond motifs is 1. The maximum absolute atomic E-state index is 13.3. The van der Waals surface area contributed by atoms with Gasteiger partial charge in [-0.25, -0.2) is 4.39 Å². The molecule has 0 saturated heterocycles. The first-order chi connectivity index (χ1) is 13.0. The fourth-order valence-electron chi connectivity index (χ4n) is 2.90. The van der Waals surface area contributed by atoms with Crippen molar-refractivity contribution in [2.75, 3.05) is 27.4 Å². The van der Waals surface area contributed by atoms with E-state index < -0.39 is 5.82 Å². The molecule has 1 heterocycles. The summed E-state index contributed by atoms with van der Waals surface area (Å²) < 4.78 is 35.0. The average Bonchev–Trinajstić information content (AvgIpc) is 2.70. The number of hydrogen-bond donors (Lipinski definition) is 0. The molecule has 6 nitrogen and oxygen atoms in total. The molecular formula is C20H19FO6. The second kappa shape index (κ2) is 8.07. The van der Waals surface area contributed by atoms with Crippen LogP contribution in [0, 0.1) is 5.82 Å². The number of Topliss-reactive ketones (excluding diaryl/α,β-unsaturated/α-hetero) is 2. The van der Waals surface area contributed by atoms with Crippen molar-refractivity contribution in [2.24, 2.45) is 0 Å². The minimum absolute atomic E-state index is 0.0534. The zero-order chi connectivity index (χ0) is 19.4. The summed E-state index contributed by atoms with van der Waals surface area (Å²) in [6.45, 7) is 0.718. The van der Waals surface area contributed by atoms with Crippen LogP contribution < -0.4 is 18.9 Å². The Kier molecular flexibility index (Phi) is 5.59. The van der Waals surface area contributed by atoms with Crippen molar-refractivity contribution in [1.82, 2.24) is 0 Å². The summed E-state index contributed by atoms with van der Waals surface area (Å²) >= 11 is 0. The van der Waals surface area contributed by atoms with Gasteiger partial charge in [0.15, 0.2) is 23.1 Å². The molecule has 0 amide bonds. The van der Waals surface area contributed by atoms with Gasteiger partial charge in [0.1, 0.15) is 19.0 Å². The van der Waals surface area contributed by atoms with Gasteiger partial charge in [-0.05, 0) is 18.2 Å². The molecule has 0 aliphatic carbocycles. The van der Waals surface area contributed by atoms with E-state index in [4.69, 9.17) is 18.9 Å². The van der Waals surface area contributed by atoms with Crippen molar-refractivity contribution in [3.63, 3.8) is 0 Å². The first-order valence-corrected chi connectivity index (χ1v) is 8.41. The summed E-state index contributed by atoms with van der Waals surface area (Å²) in [5, 5.41) is 0. The SMILES string of the molecule is COc1c(C(=O)CCC(=O)c2cccc(F)c2)cc2c(c1OC)OCCO2. The van der Waals surface area contributed by atoms with Crippen LogP contribution in [0.3, 0.4) is 0 Å². The van der Waals surface area contributed by atoms with Crippen LogP contribution in [-0.4, -0.2) is 39.0 Å². The minimum Gasteiger partial charge on any atom is -0.492 e. The third-order valence-electron chi connectivity index (χ3n) is 4.18. The van der Waals surface area contributed by atoms with E-state index in [1.165, 1.54) is 38.5 Å². The van der Waals surface area contributed by atoms with Crippen LogP contribution in [0.25, 0.3) is 0 Å². The fraction of sp³-hybridized carbons (Fsp3) is 0.300. The summed E-state index contributed by atoms with van der Waals surface area (Å²) in [4.78, 5) is 24.9. The molecule has 1 aliphatic rings. The smallest absolute Gasteiger partial charge is 0.208 e. The van der Waals surface area contributed by atoms with Gasteiger partial charge in [-0.3, -0.25) is 9.59 Å². The Labute approximate surface area is 155 Å². The van der Waals surface area contributed by atoms with Crippen molar-refractivity contribution >= 4 is 11.6 Å². The summed E-state index contributed by atoms with van der Waals surface area (Å²) in [7, 11) is 2.86. The molecule has 0 N–H and O–H groups in total. The number of methoxy groups -OCH3 is 2. The molecule has 0 aromatic heterocycles. The Morgan fingerprint density at radius 3 is 2.41 bits per heavy atom. The van der Waals surface area contributed by atoms with Crippen LogP contribution in [0.5, 0.6) is 23.0 Å². The van der Waals surface area contributed by atoms with Crippen LogP contribution in [0.2, 0.25) is 0 Å². The van der Waals surface area contributed by atoms with Crippen molar-refractivity contribution in [2.45, 2.75) is 12.8 Å². The molecule has 2 aromatic carbocycles. The van der Waals surface area contributed by atoms with Crippen LogP contribution in [0.4, 0.5) is 4.39 Å². The normalized spacial score (nSPS) is 12.4. The summed E-state index contributed by atoms with van der Waals surface area (Å²) in [6.07, 6.45) is -0.114. The van der Waals surface area contributed by atoms with Gasteiger partial charge in [-0.2, -0.15) is 0 Å². The Hall–Kier alpha value is -3.09. The van der Waals surface area contributed by atoms with Crippen LogP contribution >= 0.6 is 0 Å². The van der Waals surface area contributed by atoms with E-state index in [9.17, 15) is 14.0 Å². The molecule has 0 bridgehead atoms. The molecular weight excluding hydrogens is 355 g/mol.